The van der Waals surface area contributed by atoms with Crippen molar-refractivity contribution in [3.8, 4) is 5.75 Å². The highest BCUT2D eigenvalue weighted by molar-refractivity contribution is 6.35. The number of hydrogen-bond acceptors (Lipinski definition) is 4. The highest BCUT2D eigenvalue weighted by atomic mass is 35.5. The molecule has 1 aliphatic heterocycles. The number of carbonyl (C=O) groups is 1. The van der Waals surface area contributed by atoms with Gasteiger partial charge in [0.2, 0.25) is 0 Å². The molecule has 2 aromatic rings. The number of nitrogens with zero attached hydrogens (tertiary/aromatic N) is 1. The van der Waals surface area contributed by atoms with Crippen LogP contribution in [0.15, 0.2) is 36.4 Å². The van der Waals surface area contributed by atoms with Crippen molar-refractivity contribution in [2.24, 2.45) is 0 Å². The van der Waals surface area contributed by atoms with Crippen LogP contribution in [-0.4, -0.2) is 17.8 Å². The van der Waals surface area contributed by atoms with Crippen molar-refractivity contribution in [1.29, 1.82) is 0 Å². The molecule has 0 aliphatic carbocycles. The lowest BCUT2D eigenvalue weighted by molar-refractivity contribution is 0.0479. The number of phenolic OH excluding ortho intramolecular Hbond substituents is 1. The maximum absolute atomic E-state index is 11.7. The Kier molecular flexibility index (Phi) is 3.66. The summed E-state index contributed by atoms with van der Waals surface area (Å²) in [5.74, 6) is -0.370. The predicted octanol–water partition coefficient (Wildman–Crippen LogP) is 3.83. The largest absolute Gasteiger partial charge is 0.506 e. The minimum absolute atomic E-state index is 0.0181. The van der Waals surface area contributed by atoms with Crippen molar-refractivity contribution in [3.63, 3.8) is 0 Å². The van der Waals surface area contributed by atoms with E-state index in [1.807, 2.05) is 17.0 Å². The van der Waals surface area contributed by atoms with Gasteiger partial charge in [-0.15, -0.1) is 0 Å². The number of cyclic esters (lactones) is 1. The van der Waals surface area contributed by atoms with Gasteiger partial charge in [-0.1, -0.05) is 35.3 Å². The fourth-order valence-corrected chi connectivity index (χ4v) is 2.82. The van der Waals surface area contributed by atoms with Crippen molar-refractivity contribution in [2.75, 3.05) is 11.6 Å². The average Bonchev–Trinajstić information content (AvgIpc) is 2.47. The lowest BCUT2D eigenvalue weighted by Gasteiger charge is -2.30. The zero-order chi connectivity index (χ0) is 15.0. The quantitative estimate of drug-likeness (QED) is 0.853. The first-order valence-corrected chi connectivity index (χ1v) is 7.00. The van der Waals surface area contributed by atoms with Crippen LogP contribution in [0.2, 0.25) is 10.0 Å². The number of fused-ring (bicyclic) bond motifs is 1. The zero-order valence-corrected chi connectivity index (χ0v) is 12.4. The Hall–Kier alpha value is -1.91. The van der Waals surface area contributed by atoms with Gasteiger partial charge in [0.25, 0.3) is 0 Å². The van der Waals surface area contributed by atoms with E-state index in [0.29, 0.717) is 22.7 Å². The number of halogens is 2. The van der Waals surface area contributed by atoms with E-state index in [1.54, 1.807) is 18.2 Å². The Morgan fingerprint density at radius 1 is 1.24 bits per heavy atom. The summed E-state index contributed by atoms with van der Waals surface area (Å²) in [6.45, 7) is 0.440. The standard InChI is InChI=1S/C15H11Cl2NO3/c16-10-5-9(14(19)12(17)6-10)7-18-8-21-15(20)11-3-1-2-4-13(11)18/h1-6,19H,7-8H2. The van der Waals surface area contributed by atoms with E-state index in [9.17, 15) is 9.90 Å². The molecule has 0 radical (unpaired) electrons. The summed E-state index contributed by atoms with van der Waals surface area (Å²) < 4.78 is 5.13. The Labute approximate surface area is 131 Å². The summed E-state index contributed by atoms with van der Waals surface area (Å²) in [7, 11) is 0. The molecule has 0 aromatic heterocycles. The highest BCUT2D eigenvalue weighted by Gasteiger charge is 2.24. The van der Waals surface area contributed by atoms with Crippen LogP contribution < -0.4 is 4.90 Å². The molecule has 0 saturated heterocycles. The summed E-state index contributed by atoms with van der Waals surface area (Å²) in [5, 5.41) is 10.7. The van der Waals surface area contributed by atoms with E-state index >= 15 is 0 Å². The van der Waals surface area contributed by atoms with Gasteiger partial charge in [-0.2, -0.15) is 0 Å². The fraction of sp³-hybridized carbons (Fsp3) is 0.133. The second-order valence-electron chi connectivity index (χ2n) is 4.67. The molecule has 2 aromatic carbocycles. The van der Waals surface area contributed by atoms with Crippen molar-refractivity contribution < 1.29 is 14.6 Å². The SMILES string of the molecule is O=C1OCN(Cc2cc(Cl)cc(Cl)c2O)c2ccccc21. The molecule has 21 heavy (non-hydrogen) atoms. The molecule has 1 heterocycles. The first-order chi connectivity index (χ1) is 10.1. The Balaban J connectivity index is 1.97. The maximum atomic E-state index is 11.7. The summed E-state index contributed by atoms with van der Waals surface area (Å²) in [6.07, 6.45) is 0. The molecule has 0 amide bonds. The van der Waals surface area contributed by atoms with E-state index in [4.69, 9.17) is 27.9 Å². The number of para-hydroxylation sites is 1. The predicted molar refractivity (Wildman–Crippen MR) is 81.0 cm³/mol. The lowest BCUT2D eigenvalue weighted by atomic mass is 10.1. The number of ether oxygens (including phenoxy) is 1. The minimum Gasteiger partial charge on any atom is -0.506 e. The minimum atomic E-state index is -0.352. The third-order valence-electron chi connectivity index (χ3n) is 3.28. The maximum Gasteiger partial charge on any atom is 0.341 e. The molecule has 0 spiro atoms. The van der Waals surface area contributed by atoms with Crippen LogP contribution in [0.1, 0.15) is 15.9 Å². The van der Waals surface area contributed by atoms with Crippen LogP contribution in [0, 0.1) is 0 Å². The zero-order valence-electron chi connectivity index (χ0n) is 10.8. The molecule has 0 saturated carbocycles. The van der Waals surface area contributed by atoms with Crippen molar-refractivity contribution in [2.45, 2.75) is 6.54 Å². The number of phenols is 1. The first-order valence-electron chi connectivity index (χ1n) is 6.24. The van der Waals surface area contributed by atoms with Crippen LogP contribution in [0.3, 0.4) is 0 Å². The van der Waals surface area contributed by atoms with Gasteiger partial charge in [-0.3, -0.25) is 0 Å². The van der Waals surface area contributed by atoms with Gasteiger partial charge in [-0.05, 0) is 24.3 Å². The van der Waals surface area contributed by atoms with E-state index < -0.39 is 0 Å². The molecule has 0 atom stereocenters. The third kappa shape index (κ3) is 2.64. The smallest absolute Gasteiger partial charge is 0.341 e. The number of anilines is 1. The monoisotopic (exact) mass is 323 g/mol. The van der Waals surface area contributed by atoms with Crippen molar-refractivity contribution in [3.05, 3.63) is 57.6 Å². The summed E-state index contributed by atoms with van der Waals surface area (Å²) in [5.41, 5.74) is 1.82. The molecule has 3 rings (SSSR count). The summed E-state index contributed by atoms with van der Waals surface area (Å²) >= 11 is 11.9. The highest BCUT2D eigenvalue weighted by Crippen LogP contribution is 2.34. The van der Waals surface area contributed by atoms with Crippen molar-refractivity contribution >= 4 is 34.9 Å². The number of carbonyl (C=O) groups excluding carboxylic acids is 1. The second kappa shape index (κ2) is 5.47. The number of esters is 1. The topological polar surface area (TPSA) is 49.8 Å². The molecule has 108 valence electrons. The van der Waals surface area contributed by atoms with E-state index in [1.165, 1.54) is 6.07 Å². The number of hydrogen-bond donors (Lipinski definition) is 1. The van der Waals surface area contributed by atoms with Crippen molar-refractivity contribution in [1.82, 2.24) is 0 Å². The van der Waals surface area contributed by atoms with E-state index in [-0.39, 0.29) is 23.5 Å². The Bertz CT molecular complexity index is 718. The molecule has 1 aliphatic rings. The van der Waals surface area contributed by atoms with Crippen LogP contribution in [0.25, 0.3) is 0 Å². The normalized spacial score (nSPS) is 13.8. The molecule has 4 nitrogen and oxygen atoms in total. The van der Waals surface area contributed by atoms with Gasteiger partial charge < -0.3 is 14.7 Å². The van der Waals surface area contributed by atoms with Crippen LogP contribution in [0.5, 0.6) is 5.75 Å². The lowest BCUT2D eigenvalue weighted by Crippen LogP contribution is -2.33. The van der Waals surface area contributed by atoms with Gasteiger partial charge in [-0.25, -0.2) is 4.79 Å². The van der Waals surface area contributed by atoms with Gasteiger partial charge >= 0.3 is 5.97 Å². The molecular weight excluding hydrogens is 313 g/mol. The number of aromatic hydroxyl groups is 1. The molecule has 1 N–H and O–H groups in total. The third-order valence-corrected chi connectivity index (χ3v) is 3.79. The molecule has 0 bridgehead atoms. The number of benzene rings is 2. The van der Waals surface area contributed by atoms with Crippen LogP contribution in [-0.2, 0) is 11.3 Å². The number of rotatable bonds is 2. The second-order valence-corrected chi connectivity index (χ2v) is 5.51. The molecule has 0 fully saturated rings. The van der Waals surface area contributed by atoms with Gasteiger partial charge in [0.05, 0.1) is 16.3 Å². The Morgan fingerprint density at radius 2 is 2.00 bits per heavy atom. The summed E-state index contributed by atoms with van der Waals surface area (Å²) in [6, 6.07) is 10.3. The summed E-state index contributed by atoms with van der Waals surface area (Å²) in [4.78, 5) is 13.5. The van der Waals surface area contributed by atoms with Gasteiger partial charge in [0.1, 0.15) is 5.75 Å². The Morgan fingerprint density at radius 3 is 2.81 bits per heavy atom. The van der Waals surface area contributed by atoms with Gasteiger partial charge in [0.15, 0.2) is 6.73 Å². The van der Waals surface area contributed by atoms with E-state index in [0.717, 1.165) is 5.69 Å². The van der Waals surface area contributed by atoms with E-state index in [2.05, 4.69) is 0 Å². The molecular formula is C15H11Cl2NO3. The average molecular weight is 324 g/mol. The molecule has 6 heteroatoms. The fourth-order valence-electron chi connectivity index (χ4n) is 2.28. The molecule has 0 unspecified atom stereocenters. The van der Waals surface area contributed by atoms with Crippen LogP contribution in [0.4, 0.5) is 5.69 Å². The van der Waals surface area contributed by atoms with Crippen LogP contribution >= 0.6 is 23.2 Å². The van der Waals surface area contributed by atoms with Gasteiger partial charge in [0, 0.05) is 17.1 Å². The first kappa shape index (κ1) is 14.0.